The maximum Gasteiger partial charge on any atom is 0.0716 e. The summed E-state index contributed by atoms with van der Waals surface area (Å²) in [4.78, 5) is 0. The number of nitrogens with one attached hydrogen (secondary N) is 2. The molecule has 1 aliphatic heterocycles. The molecule has 4 heteroatoms. The molecule has 1 saturated heterocycles. The Bertz CT molecular complexity index is 505. The summed E-state index contributed by atoms with van der Waals surface area (Å²) in [5.41, 5.74) is 1.25. The lowest BCUT2D eigenvalue weighted by molar-refractivity contribution is 0.0258. The average Bonchev–Trinajstić information content (AvgIpc) is 2.84. The highest BCUT2D eigenvalue weighted by Gasteiger charge is 2.12. The molecule has 1 aliphatic rings. The van der Waals surface area contributed by atoms with Gasteiger partial charge < -0.3 is 15.4 Å². The van der Waals surface area contributed by atoms with E-state index in [0.29, 0.717) is 6.10 Å². The maximum absolute atomic E-state index is 5.68. The highest BCUT2D eigenvalue weighted by Crippen LogP contribution is 2.29. The second-order valence-corrected chi connectivity index (χ2v) is 5.47. The molecule has 0 spiro atoms. The van der Waals surface area contributed by atoms with E-state index < -0.39 is 0 Å². The number of benzene rings is 1. The predicted octanol–water partition coefficient (Wildman–Crippen LogP) is 2.69. The zero-order chi connectivity index (χ0) is 12.2. The summed E-state index contributed by atoms with van der Waals surface area (Å²) in [5, 5.41) is 10.4. The molecule has 0 radical (unpaired) electrons. The van der Waals surface area contributed by atoms with Crippen LogP contribution in [0.25, 0.3) is 10.1 Å². The number of hydrogen-bond acceptors (Lipinski definition) is 4. The van der Waals surface area contributed by atoms with Gasteiger partial charge in [-0.25, -0.2) is 0 Å². The highest BCUT2D eigenvalue weighted by molar-refractivity contribution is 7.17. The Morgan fingerprint density at radius 3 is 3.22 bits per heavy atom. The molecular weight excluding hydrogens is 244 g/mol. The first-order valence-corrected chi connectivity index (χ1v) is 7.34. The molecule has 1 fully saturated rings. The molecule has 0 aliphatic carbocycles. The van der Waals surface area contributed by atoms with Crippen LogP contribution in [-0.2, 0) is 4.74 Å². The van der Waals surface area contributed by atoms with Crippen molar-refractivity contribution in [3.8, 4) is 0 Å². The van der Waals surface area contributed by atoms with Crippen LogP contribution in [-0.4, -0.2) is 32.3 Å². The minimum absolute atomic E-state index is 0.358. The lowest BCUT2D eigenvalue weighted by Gasteiger charge is -2.23. The molecule has 2 aromatic rings. The van der Waals surface area contributed by atoms with E-state index in [1.807, 2.05) is 0 Å². The van der Waals surface area contributed by atoms with Gasteiger partial charge in [-0.2, -0.15) is 0 Å². The number of ether oxygens (including phenoxy) is 1. The highest BCUT2D eigenvalue weighted by atomic mass is 32.1. The molecule has 3 rings (SSSR count). The molecule has 1 aromatic carbocycles. The van der Waals surface area contributed by atoms with Gasteiger partial charge in [0.25, 0.3) is 0 Å². The monoisotopic (exact) mass is 262 g/mol. The lowest BCUT2D eigenvalue weighted by Crippen LogP contribution is -2.39. The summed E-state index contributed by atoms with van der Waals surface area (Å²) in [6, 6.07) is 8.52. The third-order valence-electron chi connectivity index (χ3n) is 3.27. The number of thiophene rings is 1. The molecule has 2 N–H and O–H groups in total. The van der Waals surface area contributed by atoms with Crippen LogP contribution in [0.4, 0.5) is 5.69 Å². The fraction of sp³-hybridized carbons (Fsp3) is 0.429. The minimum atomic E-state index is 0.358. The van der Waals surface area contributed by atoms with Gasteiger partial charge in [-0.15, -0.1) is 11.3 Å². The van der Waals surface area contributed by atoms with Crippen molar-refractivity contribution in [3.63, 3.8) is 0 Å². The van der Waals surface area contributed by atoms with E-state index in [2.05, 4.69) is 40.3 Å². The van der Waals surface area contributed by atoms with E-state index in [-0.39, 0.29) is 0 Å². The molecule has 3 nitrogen and oxygen atoms in total. The van der Waals surface area contributed by atoms with E-state index in [0.717, 1.165) is 32.7 Å². The normalized spacial score (nSPS) is 20.1. The zero-order valence-electron chi connectivity index (χ0n) is 10.3. The van der Waals surface area contributed by atoms with Crippen molar-refractivity contribution in [1.82, 2.24) is 5.32 Å². The van der Waals surface area contributed by atoms with Gasteiger partial charge in [0.2, 0.25) is 0 Å². The van der Waals surface area contributed by atoms with Crippen LogP contribution in [0.2, 0.25) is 0 Å². The molecule has 0 saturated carbocycles. The SMILES string of the molecule is c1ccc2c(NCCC3CNCCO3)csc2c1. The van der Waals surface area contributed by atoms with Gasteiger partial charge in [0.1, 0.15) is 0 Å². The van der Waals surface area contributed by atoms with Crippen LogP contribution < -0.4 is 10.6 Å². The number of morpholine rings is 1. The number of rotatable bonds is 4. The molecule has 96 valence electrons. The van der Waals surface area contributed by atoms with Crippen LogP contribution in [0, 0.1) is 0 Å². The Labute approximate surface area is 111 Å². The van der Waals surface area contributed by atoms with Gasteiger partial charge in [0, 0.05) is 35.1 Å². The summed E-state index contributed by atoms with van der Waals surface area (Å²) >= 11 is 1.79. The second kappa shape index (κ2) is 5.69. The van der Waals surface area contributed by atoms with Crippen molar-refractivity contribution >= 4 is 27.1 Å². The van der Waals surface area contributed by atoms with E-state index in [9.17, 15) is 0 Å². The van der Waals surface area contributed by atoms with Crippen LogP contribution in [0.15, 0.2) is 29.6 Å². The molecule has 18 heavy (non-hydrogen) atoms. The van der Waals surface area contributed by atoms with Gasteiger partial charge in [-0.1, -0.05) is 18.2 Å². The summed E-state index contributed by atoms with van der Waals surface area (Å²) < 4.78 is 7.03. The van der Waals surface area contributed by atoms with Crippen LogP contribution in [0.5, 0.6) is 0 Å². The van der Waals surface area contributed by atoms with Crippen LogP contribution in [0.1, 0.15) is 6.42 Å². The molecule has 1 aromatic heterocycles. The van der Waals surface area contributed by atoms with Crippen molar-refractivity contribution in [2.45, 2.75) is 12.5 Å². The minimum Gasteiger partial charge on any atom is -0.384 e. The fourth-order valence-electron chi connectivity index (χ4n) is 2.29. The van der Waals surface area contributed by atoms with Crippen molar-refractivity contribution < 1.29 is 4.74 Å². The van der Waals surface area contributed by atoms with Gasteiger partial charge in [0.05, 0.1) is 18.4 Å². The van der Waals surface area contributed by atoms with Crippen molar-refractivity contribution in [3.05, 3.63) is 29.6 Å². The molecule has 1 unspecified atom stereocenters. The van der Waals surface area contributed by atoms with Gasteiger partial charge in [-0.3, -0.25) is 0 Å². The molecule has 0 bridgehead atoms. The largest absolute Gasteiger partial charge is 0.384 e. The number of anilines is 1. The third-order valence-corrected chi connectivity index (χ3v) is 4.23. The average molecular weight is 262 g/mol. The van der Waals surface area contributed by atoms with Crippen LogP contribution in [0.3, 0.4) is 0 Å². The Hall–Kier alpha value is -1.10. The van der Waals surface area contributed by atoms with Gasteiger partial charge in [-0.05, 0) is 12.5 Å². The molecular formula is C14H18N2OS. The van der Waals surface area contributed by atoms with Crippen molar-refractivity contribution in [2.24, 2.45) is 0 Å². The maximum atomic E-state index is 5.68. The summed E-state index contributed by atoms with van der Waals surface area (Å²) in [6.07, 6.45) is 1.41. The Kier molecular flexibility index (Phi) is 3.78. The molecule has 2 heterocycles. The number of hydrogen-bond donors (Lipinski definition) is 2. The Balaban J connectivity index is 1.56. The Morgan fingerprint density at radius 2 is 2.33 bits per heavy atom. The van der Waals surface area contributed by atoms with Crippen molar-refractivity contribution in [2.75, 3.05) is 31.6 Å². The van der Waals surface area contributed by atoms with Crippen LogP contribution >= 0.6 is 11.3 Å². The zero-order valence-corrected chi connectivity index (χ0v) is 11.1. The first-order valence-electron chi connectivity index (χ1n) is 6.46. The molecule has 1 atom stereocenters. The fourth-order valence-corrected chi connectivity index (χ4v) is 3.20. The number of fused-ring (bicyclic) bond motifs is 1. The van der Waals surface area contributed by atoms with E-state index in [1.54, 1.807) is 11.3 Å². The topological polar surface area (TPSA) is 33.3 Å². The first kappa shape index (κ1) is 12.0. The first-order chi connectivity index (χ1) is 8.93. The standard InChI is InChI=1S/C14H18N2OS/c1-2-4-14-12(3-1)13(10-18-14)16-6-5-11-9-15-7-8-17-11/h1-4,10-11,15-16H,5-9H2. The smallest absolute Gasteiger partial charge is 0.0716 e. The van der Waals surface area contributed by atoms with Crippen molar-refractivity contribution in [1.29, 1.82) is 0 Å². The third kappa shape index (κ3) is 2.66. The predicted molar refractivity (Wildman–Crippen MR) is 77.5 cm³/mol. The summed E-state index contributed by atoms with van der Waals surface area (Å²) in [6.45, 7) is 3.77. The Morgan fingerprint density at radius 1 is 1.39 bits per heavy atom. The van der Waals surface area contributed by atoms with E-state index in [4.69, 9.17) is 4.74 Å². The van der Waals surface area contributed by atoms with E-state index in [1.165, 1.54) is 15.8 Å². The van der Waals surface area contributed by atoms with Gasteiger partial charge in [0.15, 0.2) is 0 Å². The van der Waals surface area contributed by atoms with E-state index >= 15 is 0 Å². The second-order valence-electron chi connectivity index (χ2n) is 4.56. The summed E-state index contributed by atoms with van der Waals surface area (Å²) in [5.74, 6) is 0. The summed E-state index contributed by atoms with van der Waals surface area (Å²) in [7, 11) is 0. The lowest BCUT2D eigenvalue weighted by atomic mass is 10.2. The van der Waals surface area contributed by atoms with Gasteiger partial charge >= 0.3 is 0 Å². The quantitative estimate of drug-likeness (QED) is 0.889. The molecule has 0 amide bonds.